The molecule has 5 nitrogen and oxygen atoms in total. The lowest BCUT2D eigenvalue weighted by Gasteiger charge is -2.29. The summed E-state index contributed by atoms with van der Waals surface area (Å²) >= 11 is 0. The van der Waals surface area contributed by atoms with Crippen LogP contribution in [0.4, 0.5) is 4.79 Å². The van der Waals surface area contributed by atoms with E-state index in [1.54, 1.807) is 6.92 Å². The number of carbonyl (C=O) groups is 2. The molecule has 0 saturated carbocycles. The van der Waals surface area contributed by atoms with Gasteiger partial charge in [0.25, 0.3) is 0 Å². The number of ether oxygens (including phenoxy) is 1. The van der Waals surface area contributed by atoms with Crippen LogP contribution in [0.5, 0.6) is 0 Å². The number of cyclic esters (lactones) is 1. The zero-order valence-electron chi connectivity index (χ0n) is 6.22. The summed E-state index contributed by atoms with van der Waals surface area (Å²) in [7, 11) is 0. The third-order valence-electron chi connectivity index (χ3n) is 1.74. The summed E-state index contributed by atoms with van der Waals surface area (Å²) in [5.74, 6) is -0.461. The molecule has 0 radical (unpaired) electrons. The number of rotatable bonds is 1. The first-order valence-corrected chi connectivity index (χ1v) is 3.25. The Bertz CT molecular complexity index is 192. The molecule has 1 saturated heterocycles. The number of hydrogen-bond acceptors (Lipinski definition) is 3. The molecule has 1 unspecified atom stereocenters. The Hall–Kier alpha value is -1.26. The number of carbonyl (C=O) groups excluding carboxylic acids is 2. The van der Waals surface area contributed by atoms with E-state index in [9.17, 15) is 9.59 Å². The topological polar surface area (TPSA) is 81.4 Å². The largest absolute Gasteiger partial charge is 0.448 e. The van der Waals surface area contributed by atoms with Gasteiger partial charge < -0.3 is 15.8 Å². The van der Waals surface area contributed by atoms with Crippen LogP contribution in [0.2, 0.25) is 0 Å². The SMILES string of the molecule is CC1(C(N)=O)CNC(=O)OC1. The van der Waals surface area contributed by atoms with Crippen LogP contribution in [0.15, 0.2) is 0 Å². The average Bonchev–Trinajstić information content (AvgIpc) is 1.95. The molecule has 1 fully saturated rings. The van der Waals surface area contributed by atoms with Crippen molar-refractivity contribution in [2.45, 2.75) is 6.92 Å². The van der Waals surface area contributed by atoms with Crippen LogP contribution in [-0.2, 0) is 9.53 Å². The lowest BCUT2D eigenvalue weighted by molar-refractivity contribution is -0.129. The van der Waals surface area contributed by atoms with Crippen molar-refractivity contribution in [2.75, 3.05) is 13.2 Å². The highest BCUT2D eigenvalue weighted by Crippen LogP contribution is 2.17. The van der Waals surface area contributed by atoms with E-state index in [2.05, 4.69) is 10.1 Å². The van der Waals surface area contributed by atoms with Crippen molar-refractivity contribution in [1.82, 2.24) is 5.32 Å². The second-order valence-electron chi connectivity index (χ2n) is 2.85. The molecule has 1 aliphatic heterocycles. The van der Waals surface area contributed by atoms with Crippen LogP contribution in [0.3, 0.4) is 0 Å². The van der Waals surface area contributed by atoms with Gasteiger partial charge in [-0.15, -0.1) is 0 Å². The Balaban J connectivity index is 2.62. The minimum absolute atomic E-state index is 0.0637. The molecule has 0 spiro atoms. The smallest absolute Gasteiger partial charge is 0.407 e. The van der Waals surface area contributed by atoms with E-state index in [0.29, 0.717) is 0 Å². The van der Waals surface area contributed by atoms with Crippen molar-refractivity contribution in [3.63, 3.8) is 0 Å². The first-order valence-electron chi connectivity index (χ1n) is 3.25. The Kier molecular flexibility index (Phi) is 1.72. The van der Waals surface area contributed by atoms with Crippen molar-refractivity contribution in [1.29, 1.82) is 0 Å². The van der Waals surface area contributed by atoms with Crippen LogP contribution >= 0.6 is 0 Å². The van der Waals surface area contributed by atoms with Crippen LogP contribution in [0, 0.1) is 5.41 Å². The zero-order valence-corrected chi connectivity index (χ0v) is 6.22. The van der Waals surface area contributed by atoms with E-state index in [1.165, 1.54) is 0 Å². The van der Waals surface area contributed by atoms with Crippen molar-refractivity contribution >= 4 is 12.0 Å². The standard InChI is InChI=1S/C6H10N2O3/c1-6(4(7)9)2-8-5(10)11-3-6/h2-3H2,1H3,(H2,7,9)(H,8,10). The van der Waals surface area contributed by atoms with Gasteiger partial charge in [-0.05, 0) is 6.92 Å². The summed E-state index contributed by atoms with van der Waals surface area (Å²) < 4.78 is 4.60. The fourth-order valence-corrected chi connectivity index (χ4v) is 0.752. The van der Waals surface area contributed by atoms with E-state index in [-0.39, 0.29) is 13.2 Å². The molecule has 0 bridgehead atoms. The number of hydrogen-bond donors (Lipinski definition) is 2. The van der Waals surface area contributed by atoms with Gasteiger partial charge in [-0.25, -0.2) is 4.79 Å². The Morgan fingerprint density at radius 2 is 2.45 bits per heavy atom. The Morgan fingerprint density at radius 3 is 2.82 bits per heavy atom. The normalized spacial score (nSPS) is 30.5. The second kappa shape index (κ2) is 2.41. The lowest BCUT2D eigenvalue weighted by atomic mass is 9.90. The highest BCUT2D eigenvalue weighted by Gasteiger charge is 2.36. The van der Waals surface area contributed by atoms with E-state index in [0.717, 1.165) is 0 Å². The Labute approximate surface area is 63.9 Å². The number of nitrogens with one attached hydrogen (secondary N) is 1. The number of alkyl carbamates (subject to hydrolysis) is 1. The van der Waals surface area contributed by atoms with Gasteiger partial charge in [-0.2, -0.15) is 0 Å². The molecule has 5 heteroatoms. The van der Waals surface area contributed by atoms with E-state index < -0.39 is 17.4 Å². The first kappa shape index (κ1) is 7.84. The predicted octanol–water partition coefficient (Wildman–Crippen LogP) is -0.782. The van der Waals surface area contributed by atoms with Crippen molar-refractivity contribution < 1.29 is 14.3 Å². The molecule has 1 rings (SSSR count). The summed E-state index contributed by atoms with van der Waals surface area (Å²) in [6.07, 6.45) is -0.497. The molecule has 2 amide bonds. The van der Waals surface area contributed by atoms with Gasteiger partial charge in [-0.1, -0.05) is 0 Å². The molecule has 1 atom stereocenters. The third-order valence-corrected chi connectivity index (χ3v) is 1.74. The van der Waals surface area contributed by atoms with Gasteiger partial charge in [0, 0.05) is 6.54 Å². The van der Waals surface area contributed by atoms with Gasteiger partial charge in [0.2, 0.25) is 5.91 Å². The maximum atomic E-state index is 10.8. The molecule has 1 aliphatic rings. The van der Waals surface area contributed by atoms with E-state index >= 15 is 0 Å². The molecule has 62 valence electrons. The van der Waals surface area contributed by atoms with Crippen molar-refractivity contribution in [3.8, 4) is 0 Å². The quantitative estimate of drug-likeness (QED) is 0.525. The molecule has 0 aromatic rings. The maximum Gasteiger partial charge on any atom is 0.407 e. The van der Waals surface area contributed by atoms with Crippen LogP contribution < -0.4 is 11.1 Å². The van der Waals surface area contributed by atoms with E-state index in [4.69, 9.17) is 5.73 Å². The average molecular weight is 158 g/mol. The minimum atomic E-state index is -0.756. The monoisotopic (exact) mass is 158 g/mol. The highest BCUT2D eigenvalue weighted by atomic mass is 16.6. The summed E-state index contributed by atoms with van der Waals surface area (Å²) in [5.41, 5.74) is 4.32. The number of primary amides is 1. The fraction of sp³-hybridized carbons (Fsp3) is 0.667. The van der Waals surface area contributed by atoms with Crippen molar-refractivity contribution in [3.05, 3.63) is 0 Å². The summed E-state index contributed by atoms with van der Waals surface area (Å²) in [4.78, 5) is 21.3. The van der Waals surface area contributed by atoms with Gasteiger partial charge in [0.05, 0.1) is 5.41 Å². The fourth-order valence-electron chi connectivity index (χ4n) is 0.752. The van der Waals surface area contributed by atoms with Gasteiger partial charge in [0.1, 0.15) is 6.61 Å². The maximum absolute atomic E-state index is 10.8. The third kappa shape index (κ3) is 1.42. The predicted molar refractivity (Wildman–Crippen MR) is 36.7 cm³/mol. The van der Waals surface area contributed by atoms with Crippen LogP contribution in [-0.4, -0.2) is 25.2 Å². The highest BCUT2D eigenvalue weighted by molar-refractivity contribution is 5.83. The molecule has 1 heterocycles. The Morgan fingerprint density at radius 1 is 1.82 bits per heavy atom. The first-order chi connectivity index (χ1) is 5.04. The molecule has 11 heavy (non-hydrogen) atoms. The van der Waals surface area contributed by atoms with Crippen molar-refractivity contribution in [2.24, 2.45) is 11.1 Å². The van der Waals surface area contributed by atoms with Crippen LogP contribution in [0.1, 0.15) is 6.92 Å². The molecule has 3 N–H and O–H groups in total. The minimum Gasteiger partial charge on any atom is -0.448 e. The molecular formula is C6H10N2O3. The molecule has 0 aromatic heterocycles. The van der Waals surface area contributed by atoms with Gasteiger partial charge >= 0.3 is 6.09 Å². The summed E-state index contributed by atoms with van der Waals surface area (Å²) in [5, 5.41) is 2.39. The van der Waals surface area contributed by atoms with Gasteiger partial charge in [0.15, 0.2) is 0 Å². The van der Waals surface area contributed by atoms with Crippen LogP contribution in [0.25, 0.3) is 0 Å². The molecular weight excluding hydrogens is 148 g/mol. The van der Waals surface area contributed by atoms with Gasteiger partial charge in [-0.3, -0.25) is 4.79 Å². The lowest BCUT2D eigenvalue weighted by Crippen LogP contribution is -2.52. The van der Waals surface area contributed by atoms with E-state index in [1.807, 2.05) is 0 Å². The summed E-state index contributed by atoms with van der Waals surface area (Å²) in [6, 6.07) is 0. The molecule has 0 aliphatic carbocycles. The number of nitrogens with two attached hydrogens (primary N) is 1. The second-order valence-corrected chi connectivity index (χ2v) is 2.85. The molecule has 0 aromatic carbocycles. The summed E-state index contributed by atoms with van der Waals surface area (Å²) in [6.45, 7) is 1.96. The number of amides is 2. The zero-order chi connectivity index (χ0) is 8.48.